The van der Waals surface area contributed by atoms with E-state index in [4.69, 9.17) is 11.6 Å². The minimum atomic E-state index is 0.157. The maximum absolute atomic E-state index is 6.33. The first kappa shape index (κ1) is 18.6. The van der Waals surface area contributed by atoms with Crippen molar-refractivity contribution in [2.24, 2.45) is 7.05 Å². The summed E-state index contributed by atoms with van der Waals surface area (Å²) in [6.45, 7) is 4.24. The molecule has 4 rings (SSSR count). The van der Waals surface area contributed by atoms with Gasteiger partial charge in [-0.1, -0.05) is 83.4 Å². The van der Waals surface area contributed by atoms with Crippen molar-refractivity contribution in [2.75, 3.05) is 0 Å². The Morgan fingerprint density at radius 1 is 0.857 bits per heavy atom. The van der Waals surface area contributed by atoms with Crippen molar-refractivity contribution in [3.63, 3.8) is 0 Å². The van der Waals surface area contributed by atoms with Crippen molar-refractivity contribution in [1.82, 2.24) is 4.57 Å². The first-order chi connectivity index (χ1) is 13.5. The van der Waals surface area contributed by atoms with Crippen LogP contribution in [0.15, 0.2) is 79.0 Å². The smallest absolute Gasteiger partial charge is 0.0481 e. The summed E-state index contributed by atoms with van der Waals surface area (Å²) < 4.78 is 2.18. The van der Waals surface area contributed by atoms with E-state index >= 15 is 0 Å². The lowest BCUT2D eigenvalue weighted by atomic mass is 9.89. The topological polar surface area (TPSA) is 4.93 Å². The fraction of sp³-hybridized carbons (Fsp3) is 0.154. The predicted octanol–water partition coefficient (Wildman–Crippen LogP) is 7.29. The summed E-state index contributed by atoms with van der Waals surface area (Å²) in [5, 5.41) is 1.97. The number of rotatable bonds is 4. The maximum atomic E-state index is 6.33. The Balaban J connectivity index is 1.84. The monoisotopic (exact) mass is 385 g/mol. The van der Waals surface area contributed by atoms with Crippen LogP contribution in [0.1, 0.15) is 33.7 Å². The van der Waals surface area contributed by atoms with Crippen molar-refractivity contribution < 1.29 is 0 Å². The number of halogens is 1. The van der Waals surface area contributed by atoms with Gasteiger partial charge < -0.3 is 4.57 Å². The molecule has 0 aliphatic carbocycles. The number of benzene rings is 3. The van der Waals surface area contributed by atoms with Crippen LogP contribution in [0.4, 0.5) is 0 Å². The van der Waals surface area contributed by atoms with Crippen LogP contribution in [0.2, 0.25) is 5.02 Å². The largest absolute Gasteiger partial charge is 0.350 e. The van der Waals surface area contributed by atoms with Gasteiger partial charge in [-0.2, -0.15) is 0 Å². The molecule has 0 aliphatic heterocycles. The molecule has 1 nitrogen and oxygen atoms in total. The summed E-state index contributed by atoms with van der Waals surface area (Å²) in [6.07, 6.45) is 6.74. The summed E-state index contributed by atoms with van der Waals surface area (Å²) in [4.78, 5) is 0. The van der Waals surface area contributed by atoms with Gasteiger partial charge in [0.15, 0.2) is 0 Å². The molecule has 1 atom stereocenters. The van der Waals surface area contributed by atoms with Crippen molar-refractivity contribution >= 4 is 28.6 Å². The number of allylic oxidation sites excluding steroid dienone is 1. The Hall–Kier alpha value is -2.77. The summed E-state index contributed by atoms with van der Waals surface area (Å²) >= 11 is 6.33. The van der Waals surface area contributed by atoms with Crippen LogP contribution in [0.3, 0.4) is 0 Å². The van der Waals surface area contributed by atoms with E-state index in [-0.39, 0.29) is 5.92 Å². The first-order valence-electron chi connectivity index (χ1n) is 9.57. The Morgan fingerprint density at radius 2 is 1.50 bits per heavy atom. The first-order valence-corrected chi connectivity index (χ1v) is 9.95. The van der Waals surface area contributed by atoms with Crippen molar-refractivity contribution in [3.8, 4) is 0 Å². The van der Waals surface area contributed by atoms with Gasteiger partial charge in [-0.15, -0.1) is 0 Å². The Kier molecular flexibility index (Phi) is 5.11. The lowest BCUT2D eigenvalue weighted by Crippen LogP contribution is -1.97. The van der Waals surface area contributed by atoms with E-state index < -0.39 is 0 Å². The van der Waals surface area contributed by atoms with Crippen molar-refractivity contribution in [3.05, 3.63) is 112 Å². The molecular formula is C26H24ClN. The fourth-order valence-electron chi connectivity index (χ4n) is 3.70. The molecule has 140 valence electrons. The molecule has 0 N–H and O–H groups in total. The molecule has 0 spiro atoms. The molecule has 28 heavy (non-hydrogen) atoms. The molecule has 4 aromatic rings. The van der Waals surface area contributed by atoms with Crippen LogP contribution >= 0.6 is 11.6 Å². The molecule has 0 fully saturated rings. The number of hydrogen-bond donors (Lipinski definition) is 0. The van der Waals surface area contributed by atoms with E-state index in [2.05, 4.69) is 104 Å². The minimum Gasteiger partial charge on any atom is -0.350 e. The van der Waals surface area contributed by atoms with Crippen molar-refractivity contribution in [1.29, 1.82) is 0 Å². The summed E-state index contributed by atoms with van der Waals surface area (Å²) in [7, 11) is 2.09. The van der Waals surface area contributed by atoms with Gasteiger partial charge in [-0.05, 0) is 48.7 Å². The highest BCUT2D eigenvalue weighted by atomic mass is 35.5. The summed E-state index contributed by atoms with van der Waals surface area (Å²) in [5.41, 5.74) is 7.50. The zero-order valence-corrected chi connectivity index (χ0v) is 17.2. The SMILES string of the molecule is Cc1ccc(/C=C/C(c2ccc(C)cc2)c2cn(C)c3ccc(Cl)cc23)cc1. The van der Waals surface area contributed by atoms with Crippen LogP contribution in [0, 0.1) is 13.8 Å². The van der Waals surface area contributed by atoms with Crippen LogP contribution in [-0.2, 0) is 7.05 Å². The summed E-state index contributed by atoms with van der Waals surface area (Å²) in [6, 6.07) is 23.6. The Bertz CT molecular complexity index is 1130. The van der Waals surface area contributed by atoms with E-state index in [0.717, 1.165) is 5.02 Å². The predicted molar refractivity (Wildman–Crippen MR) is 121 cm³/mol. The molecule has 2 heteroatoms. The van der Waals surface area contributed by atoms with Crippen molar-refractivity contribution in [2.45, 2.75) is 19.8 Å². The average molecular weight is 386 g/mol. The van der Waals surface area contributed by atoms with Gasteiger partial charge >= 0.3 is 0 Å². The lowest BCUT2D eigenvalue weighted by molar-refractivity contribution is 0.941. The molecule has 1 unspecified atom stereocenters. The minimum absolute atomic E-state index is 0.157. The Labute approximate surface area is 171 Å². The van der Waals surface area contributed by atoms with Gasteiger partial charge in [0, 0.05) is 35.1 Å². The molecule has 1 heterocycles. The molecule has 0 amide bonds. The standard InChI is InChI=1S/C26H24ClN/c1-18-4-8-20(9-5-18)10-14-23(21-11-6-19(2)7-12-21)25-17-28(3)26-15-13-22(27)16-24(25)26/h4-17,23H,1-3H3/b14-10+. The van der Waals surface area contributed by atoms with Gasteiger partial charge in [0.25, 0.3) is 0 Å². The number of fused-ring (bicyclic) bond motifs is 1. The molecule has 0 radical (unpaired) electrons. The van der Waals surface area contributed by atoms with E-state index in [1.807, 2.05) is 6.07 Å². The molecule has 0 bridgehead atoms. The third-order valence-corrected chi connectivity index (χ3v) is 5.55. The van der Waals surface area contributed by atoms with Gasteiger partial charge in [-0.25, -0.2) is 0 Å². The normalized spacial score (nSPS) is 12.7. The van der Waals surface area contributed by atoms with Gasteiger partial charge in [-0.3, -0.25) is 0 Å². The van der Waals surface area contributed by atoms with Crippen LogP contribution in [0.5, 0.6) is 0 Å². The third-order valence-electron chi connectivity index (χ3n) is 5.31. The van der Waals surface area contributed by atoms with Gasteiger partial charge in [0.1, 0.15) is 0 Å². The second-order valence-corrected chi connectivity index (χ2v) is 7.95. The van der Waals surface area contributed by atoms with E-state index in [9.17, 15) is 0 Å². The molecule has 0 aliphatic rings. The third kappa shape index (κ3) is 3.76. The number of aromatic nitrogens is 1. The van der Waals surface area contributed by atoms with Gasteiger partial charge in [0.05, 0.1) is 0 Å². The summed E-state index contributed by atoms with van der Waals surface area (Å²) in [5.74, 6) is 0.157. The van der Waals surface area contributed by atoms with Crippen LogP contribution < -0.4 is 0 Å². The molecular weight excluding hydrogens is 362 g/mol. The van der Waals surface area contributed by atoms with Crippen LogP contribution in [-0.4, -0.2) is 4.57 Å². The van der Waals surface area contributed by atoms with Crippen LogP contribution in [0.25, 0.3) is 17.0 Å². The Morgan fingerprint density at radius 3 is 2.18 bits per heavy atom. The second-order valence-electron chi connectivity index (χ2n) is 7.51. The van der Waals surface area contributed by atoms with E-state index in [1.54, 1.807) is 0 Å². The molecule has 0 saturated heterocycles. The highest BCUT2D eigenvalue weighted by Crippen LogP contribution is 2.35. The zero-order valence-electron chi connectivity index (χ0n) is 16.5. The quantitative estimate of drug-likeness (QED) is 0.347. The highest BCUT2D eigenvalue weighted by Gasteiger charge is 2.17. The highest BCUT2D eigenvalue weighted by molar-refractivity contribution is 6.31. The number of nitrogens with zero attached hydrogens (tertiary/aromatic N) is 1. The molecule has 1 aromatic heterocycles. The average Bonchev–Trinajstić information content (AvgIpc) is 3.00. The lowest BCUT2D eigenvalue weighted by Gasteiger charge is -2.14. The van der Waals surface area contributed by atoms with Gasteiger partial charge in [0.2, 0.25) is 0 Å². The molecule has 3 aromatic carbocycles. The molecule has 0 saturated carbocycles. The van der Waals surface area contributed by atoms with E-state index in [0.29, 0.717) is 0 Å². The second kappa shape index (κ2) is 7.69. The fourth-order valence-corrected chi connectivity index (χ4v) is 3.87. The number of aryl methyl sites for hydroxylation is 3. The maximum Gasteiger partial charge on any atom is 0.0481 e. The zero-order chi connectivity index (χ0) is 19.7. The van der Waals surface area contributed by atoms with E-state index in [1.165, 1.54) is 38.7 Å². The number of hydrogen-bond acceptors (Lipinski definition) is 0.